The summed E-state index contributed by atoms with van der Waals surface area (Å²) in [5.74, 6) is 1.17. The lowest BCUT2D eigenvalue weighted by atomic mass is 10.1. The Labute approximate surface area is 159 Å². The highest BCUT2D eigenvalue weighted by molar-refractivity contribution is 6.34. The molecule has 0 saturated carbocycles. The topological polar surface area (TPSA) is 55.2 Å². The van der Waals surface area contributed by atoms with E-state index in [4.69, 9.17) is 27.9 Å². The summed E-state index contributed by atoms with van der Waals surface area (Å²) >= 11 is 12.3. The summed E-state index contributed by atoms with van der Waals surface area (Å²) in [6.45, 7) is 0. The van der Waals surface area contributed by atoms with Crippen molar-refractivity contribution in [2.75, 3.05) is 0 Å². The summed E-state index contributed by atoms with van der Waals surface area (Å²) in [5.41, 5.74) is 1.20. The predicted molar refractivity (Wildman–Crippen MR) is 103 cm³/mol. The van der Waals surface area contributed by atoms with Gasteiger partial charge in [0.2, 0.25) is 5.88 Å². The van der Waals surface area contributed by atoms with Crippen molar-refractivity contribution in [2.45, 2.75) is 0 Å². The van der Waals surface area contributed by atoms with Crippen LogP contribution < -0.4 is 4.74 Å². The summed E-state index contributed by atoms with van der Waals surface area (Å²) in [4.78, 5) is 9.04. The van der Waals surface area contributed by atoms with E-state index in [1.807, 2.05) is 30.3 Å². The molecule has 3 aromatic carbocycles. The molecule has 1 heterocycles. The highest BCUT2D eigenvalue weighted by atomic mass is 35.5. The van der Waals surface area contributed by atoms with Crippen LogP contribution in [0.3, 0.4) is 0 Å². The van der Waals surface area contributed by atoms with Crippen LogP contribution in [0.15, 0.2) is 66.7 Å². The third kappa shape index (κ3) is 3.17. The molecule has 4 nitrogen and oxygen atoms in total. The third-order valence-corrected chi connectivity index (χ3v) is 4.36. The number of phenolic OH excluding ortho intramolecular Hbond substituents is 1. The van der Waals surface area contributed by atoms with E-state index in [0.29, 0.717) is 38.6 Å². The van der Waals surface area contributed by atoms with Crippen molar-refractivity contribution >= 4 is 34.1 Å². The number of hydrogen-bond donors (Lipinski definition) is 1. The molecule has 0 unspecified atom stereocenters. The Morgan fingerprint density at radius 3 is 2.46 bits per heavy atom. The first-order valence-corrected chi connectivity index (χ1v) is 8.55. The molecule has 4 aromatic rings. The fourth-order valence-electron chi connectivity index (χ4n) is 2.57. The Morgan fingerprint density at radius 2 is 1.62 bits per heavy atom. The lowest BCUT2D eigenvalue weighted by molar-refractivity contribution is 0.467. The van der Waals surface area contributed by atoms with Gasteiger partial charge in [0.05, 0.1) is 21.5 Å². The molecular formula is C20H12Cl2N2O2. The van der Waals surface area contributed by atoms with Crippen LogP contribution in [0.2, 0.25) is 10.0 Å². The minimum Gasteiger partial charge on any atom is -0.507 e. The summed E-state index contributed by atoms with van der Waals surface area (Å²) in [6.07, 6.45) is 0. The van der Waals surface area contributed by atoms with Crippen LogP contribution in [0.5, 0.6) is 17.4 Å². The molecule has 1 aromatic heterocycles. The lowest BCUT2D eigenvalue weighted by Crippen LogP contribution is -1.96. The summed E-state index contributed by atoms with van der Waals surface area (Å²) in [5, 5.41) is 11.8. The average molecular weight is 383 g/mol. The number of hydrogen-bond acceptors (Lipinski definition) is 4. The van der Waals surface area contributed by atoms with Gasteiger partial charge in [0.1, 0.15) is 11.5 Å². The molecule has 0 amide bonds. The zero-order chi connectivity index (χ0) is 18.1. The van der Waals surface area contributed by atoms with Gasteiger partial charge in [-0.2, -0.15) is 4.98 Å². The van der Waals surface area contributed by atoms with Gasteiger partial charge in [0, 0.05) is 11.1 Å². The van der Waals surface area contributed by atoms with Crippen molar-refractivity contribution in [3.8, 4) is 28.8 Å². The number of aromatic hydroxyl groups is 1. The van der Waals surface area contributed by atoms with Crippen LogP contribution in [0, 0.1) is 0 Å². The standard InChI is InChI=1S/C20H12Cl2N2O2/c21-12-9-10-15(22)18(11-12)26-20-13-5-1-3-7-16(13)23-19(24-20)14-6-2-4-8-17(14)25/h1-11,25H. The summed E-state index contributed by atoms with van der Waals surface area (Å²) < 4.78 is 5.96. The second kappa shape index (κ2) is 6.83. The second-order valence-corrected chi connectivity index (χ2v) is 6.41. The Kier molecular flexibility index (Phi) is 4.37. The minimum atomic E-state index is 0.0921. The van der Waals surface area contributed by atoms with E-state index in [0.717, 1.165) is 5.39 Å². The van der Waals surface area contributed by atoms with Crippen LogP contribution in [-0.4, -0.2) is 15.1 Å². The molecule has 0 spiro atoms. The van der Waals surface area contributed by atoms with Gasteiger partial charge in [0.15, 0.2) is 5.82 Å². The van der Waals surface area contributed by atoms with Gasteiger partial charge in [-0.3, -0.25) is 0 Å². The number of rotatable bonds is 3. The molecule has 0 radical (unpaired) electrons. The van der Waals surface area contributed by atoms with Crippen molar-refractivity contribution in [1.82, 2.24) is 9.97 Å². The van der Waals surface area contributed by atoms with Crippen LogP contribution >= 0.6 is 23.2 Å². The van der Waals surface area contributed by atoms with Crippen molar-refractivity contribution < 1.29 is 9.84 Å². The number of nitrogens with zero attached hydrogens (tertiary/aromatic N) is 2. The number of benzene rings is 3. The van der Waals surface area contributed by atoms with Crippen LogP contribution in [0.25, 0.3) is 22.3 Å². The van der Waals surface area contributed by atoms with Gasteiger partial charge >= 0.3 is 0 Å². The molecule has 0 saturated heterocycles. The van der Waals surface area contributed by atoms with Gasteiger partial charge in [-0.1, -0.05) is 47.5 Å². The van der Waals surface area contributed by atoms with Crippen LogP contribution in [0.4, 0.5) is 0 Å². The molecular weight excluding hydrogens is 371 g/mol. The monoisotopic (exact) mass is 382 g/mol. The molecule has 0 aliphatic heterocycles. The Balaban J connectivity index is 1.90. The highest BCUT2D eigenvalue weighted by Gasteiger charge is 2.14. The largest absolute Gasteiger partial charge is 0.507 e. The number of fused-ring (bicyclic) bond motifs is 1. The lowest BCUT2D eigenvalue weighted by Gasteiger charge is -2.12. The fourth-order valence-corrected chi connectivity index (χ4v) is 2.89. The van der Waals surface area contributed by atoms with E-state index in [9.17, 15) is 5.11 Å². The first-order chi connectivity index (χ1) is 12.6. The highest BCUT2D eigenvalue weighted by Crippen LogP contribution is 2.36. The number of para-hydroxylation sites is 2. The maximum Gasteiger partial charge on any atom is 0.230 e. The van der Waals surface area contributed by atoms with E-state index in [-0.39, 0.29) is 5.75 Å². The second-order valence-electron chi connectivity index (χ2n) is 5.56. The Morgan fingerprint density at radius 1 is 0.846 bits per heavy atom. The summed E-state index contributed by atoms with van der Waals surface area (Å²) in [6, 6.07) is 19.3. The van der Waals surface area contributed by atoms with Crippen LogP contribution in [-0.2, 0) is 0 Å². The summed E-state index contributed by atoms with van der Waals surface area (Å²) in [7, 11) is 0. The molecule has 6 heteroatoms. The molecule has 0 atom stereocenters. The van der Waals surface area contributed by atoms with E-state index in [2.05, 4.69) is 9.97 Å². The molecule has 4 rings (SSSR count). The first-order valence-electron chi connectivity index (χ1n) is 7.80. The first kappa shape index (κ1) is 16.6. The van der Waals surface area contributed by atoms with Gasteiger partial charge in [-0.15, -0.1) is 0 Å². The van der Waals surface area contributed by atoms with E-state index in [1.165, 1.54) is 0 Å². The SMILES string of the molecule is Oc1ccccc1-c1nc(Oc2cc(Cl)ccc2Cl)c2ccccc2n1. The molecule has 1 N–H and O–H groups in total. The average Bonchev–Trinajstić information content (AvgIpc) is 2.65. The predicted octanol–water partition coefficient (Wildman–Crippen LogP) is 6.10. The van der Waals surface area contributed by atoms with E-state index in [1.54, 1.807) is 36.4 Å². The molecule has 0 aliphatic rings. The van der Waals surface area contributed by atoms with Gasteiger partial charge in [-0.05, 0) is 36.4 Å². The number of aromatic nitrogens is 2. The van der Waals surface area contributed by atoms with Gasteiger partial charge < -0.3 is 9.84 Å². The minimum absolute atomic E-state index is 0.0921. The van der Waals surface area contributed by atoms with E-state index < -0.39 is 0 Å². The van der Waals surface area contributed by atoms with E-state index >= 15 is 0 Å². The quantitative estimate of drug-likeness (QED) is 0.464. The number of phenols is 1. The zero-order valence-corrected chi connectivity index (χ0v) is 14.9. The number of ether oxygens (including phenoxy) is 1. The smallest absolute Gasteiger partial charge is 0.230 e. The fraction of sp³-hybridized carbons (Fsp3) is 0. The van der Waals surface area contributed by atoms with Crippen molar-refractivity contribution in [3.05, 3.63) is 76.8 Å². The van der Waals surface area contributed by atoms with Gasteiger partial charge in [-0.25, -0.2) is 4.98 Å². The zero-order valence-electron chi connectivity index (χ0n) is 13.4. The third-order valence-electron chi connectivity index (χ3n) is 3.81. The maximum atomic E-state index is 10.1. The molecule has 0 bridgehead atoms. The molecule has 0 aliphatic carbocycles. The molecule has 0 fully saturated rings. The molecule has 128 valence electrons. The van der Waals surface area contributed by atoms with Gasteiger partial charge in [0.25, 0.3) is 0 Å². The normalized spacial score (nSPS) is 10.8. The Hall–Kier alpha value is -2.82. The molecule has 26 heavy (non-hydrogen) atoms. The van der Waals surface area contributed by atoms with Crippen molar-refractivity contribution in [2.24, 2.45) is 0 Å². The Bertz CT molecular complexity index is 1120. The van der Waals surface area contributed by atoms with Crippen LogP contribution in [0.1, 0.15) is 0 Å². The number of halogens is 2. The van der Waals surface area contributed by atoms with Crippen molar-refractivity contribution in [3.63, 3.8) is 0 Å². The van der Waals surface area contributed by atoms with Crippen molar-refractivity contribution in [1.29, 1.82) is 0 Å². The maximum absolute atomic E-state index is 10.1.